The smallest absolute Gasteiger partial charge is 0.230 e. The van der Waals surface area contributed by atoms with Gasteiger partial charge >= 0.3 is 0 Å². The van der Waals surface area contributed by atoms with Gasteiger partial charge in [-0.05, 0) is 18.8 Å². The lowest BCUT2D eigenvalue weighted by Crippen LogP contribution is -2.33. The number of rotatable bonds is 6. The minimum Gasteiger partial charge on any atom is -0.353 e. The summed E-state index contributed by atoms with van der Waals surface area (Å²) in [6, 6.07) is 0.393. The topological polar surface area (TPSA) is 59.8 Å². The van der Waals surface area contributed by atoms with Crippen LogP contribution in [0, 0.1) is 5.92 Å². The van der Waals surface area contributed by atoms with Crippen molar-refractivity contribution in [1.82, 2.24) is 20.1 Å². The van der Waals surface area contributed by atoms with Gasteiger partial charge in [0.1, 0.15) is 5.82 Å². The van der Waals surface area contributed by atoms with Crippen LogP contribution in [0.15, 0.2) is 5.16 Å². The van der Waals surface area contributed by atoms with Crippen LogP contribution in [0.2, 0.25) is 0 Å². The fraction of sp³-hybridized carbons (Fsp3) is 0.824. The molecule has 1 aromatic heterocycles. The normalized spacial score (nSPS) is 20.0. The van der Waals surface area contributed by atoms with E-state index < -0.39 is 0 Å². The molecule has 0 unspecified atom stereocenters. The monoisotopic (exact) mass is 336 g/mol. The Balaban J connectivity index is 1.47. The van der Waals surface area contributed by atoms with Crippen molar-refractivity contribution in [2.75, 3.05) is 5.75 Å². The van der Waals surface area contributed by atoms with Crippen molar-refractivity contribution in [1.29, 1.82) is 0 Å². The van der Waals surface area contributed by atoms with Gasteiger partial charge in [0.05, 0.1) is 5.75 Å². The maximum Gasteiger partial charge on any atom is 0.230 e. The molecule has 2 saturated carbocycles. The van der Waals surface area contributed by atoms with Crippen molar-refractivity contribution in [2.24, 2.45) is 13.0 Å². The number of nitrogens with zero attached hydrogens (tertiary/aromatic N) is 3. The van der Waals surface area contributed by atoms with E-state index in [1.807, 2.05) is 7.05 Å². The quantitative estimate of drug-likeness (QED) is 0.811. The molecule has 23 heavy (non-hydrogen) atoms. The van der Waals surface area contributed by atoms with E-state index in [4.69, 9.17) is 0 Å². The molecule has 1 amide bonds. The predicted molar refractivity (Wildman–Crippen MR) is 92.4 cm³/mol. The number of carbonyl (C=O) groups excluding carboxylic acids is 1. The Labute approximate surface area is 143 Å². The molecule has 2 fully saturated rings. The SMILES string of the molecule is Cn1c(CC2CCCCC2)nnc1SCC(=O)NC1CCCC1. The molecule has 128 valence electrons. The predicted octanol–water partition coefficient (Wildman–Crippen LogP) is 3.09. The fourth-order valence-corrected chi connectivity index (χ4v) is 4.51. The van der Waals surface area contributed by atoms with Crippen molar-refractivity contribution in [3.63, 3.8) is 0 Å². The summed E-state index contributed by atoms with van der Waals surface area (Å²) in [5.74, 6) is 2.39. The molecular weight excluding hydrogens is 308 g/mol. The van der Waals surface area contributed by atoms with Crippen LogP contribution in [0.25, 0.3) is 0 Å². The summed E-state index contributed by atoms with van der Waals surface area (Å²) in [6.07, 6.45) is 12.5. The summed E-state index contributed by atoms with van der Waals surface area (Å²) >= 11 is 1.50. The average molecular weight is 337 g/mol. The van der Waals surface area contributed by atoms with Gasteiger partial charge in [-0.2, -0.15) is 0 Å². The number of hydrogen-bond donors (Lipinski definition) is 1. The minimum absolute atomic E-state index is 0.124. The number of thioether (sulfide) groups is 1. The molecule has 0 saturated heterocycles. The van der Waals surface area contributed by atoms with Gasteiger partial charge in [-0.25, -0.2) is 0 Å². The first-order valence-corrected chi connectivity index (χ1v) is 10.0. The van der Waals surface area contributed by atoms with Gasteiger partial charge in [-0.3, -0.25) is 4.79 Å². The first-order chi connectivity index (χ1) is 11.2. The Morgan fingerprint density at radius 3 is 2.57 bits per heavy atom. The first-order valence-electron chi connectivity index (χ1n) is 9.03. The highest BCUT2D eigenvalue weighted by atomic mass is 32.2. The minimum atomic E-state index is 0.124. The molecule has 0 aromatic carbocycles. The van der Waals surface area contributed by atoms with Gasteiger partial charge in [-0.15, -0.1) is 10.2 Å². The maximum atomic E-state index is 12.0. The number of amides is 1. The third-order valence-electron chi connectivity index (χ3n) is 5.17. The van der Waals surface area contributed by atoms with Gasteiger partial charge in [0.2, 0.25) is 5.91 Å². The zero-order valence-electron chi connectivity index (χ0n) is 14.1. The van der Waals surface area contributed by atoms with Crippen LogP contribution in [-0.4, -0.2) is 32.5 Å². The lowest BCUT2D eigenvalue weighted by atomic mass is 9.87. The summed E-state index contributed by atoms with van der Waals surface area (Å²) in [5, 5.41) is 12.6. The number of hydrogen-bond acceptors (Lipinski definition) is 4. The Morgan fingerprint density at radius 2 is 1.83 bits per heavy atom. The molecule has 0 atom stereocenters. The van der Waals surface area contributed by atoms with Crippen molar-refractivity contribution in [2.45, 2.75) is 75.4 Å². The average Bonchev–Trinajstić information content (AvgIpc) is 3.18. The van der Waals surface area contributed by atoms with E-state index in [0.717, 1.165) is 36.2 Å². The Hall–Kier alpha value is -1.04. The number of aromatic nitrogens is 3. The van der Waals surface area contributed by atoms with E-state index in [9.17, 15) is 4.79 Å². The molecule has 0 aliphatic heterocycles. The highest BCUT2D eigenvalue weighted by Crippen LogP contribution is 2.27. The molecule has 1 heterocycles. The summed E-state index contributed by atoms with van der Waals surface area (Å²) in [4.78, 5) is 12.0. The van der Waals surface area contributed by atoms with Crippen LogP contribution in [0.1, 0.15) is 63.6 Å². The summed E-state index contributed by atoms with van der Waals surface area (Å²) in [6.45, 7) is 0. The van der Waals surface area contributed by atoms with E-state index >= 15 is 0 Å². The van der Waals surface area contributed by atoms with Crippen LogP contribution < -0.4 is 5.32 Å². The lowest BCUT2D eigenvalue weighted by molar-refractivity contribution is -0.119. The largest absolute Gasteiger partial charge is 0.353 e. The molecular formula is C17H28N4OS. The third-order valence-corrected chi connectivity index (χ3v) is 6.19. The zero-order chi connectivity index (χ0) is 16.1. The van der Waals surface area contributed by atoms with Gasteiger partial charge < -0.3 is 9.88 Å². The summed E-state index contributed by atoms with van der Waals surface area (Å²) in [5.41, 5.74) is 0. The maximum absolute atomic E-state index is 12.0. The molecule has 5 nitrogen and oxygen atoms in total. The van der Waals surface area contributed by atoms with Gasteiger partial charge in [-0.1, -0.05) is 56.7 Å². The number of carbonyl (C=O) groups is 1. The molecule has 2 aliphatic carbocycles. The molecule has 3 rings (SSSR count). The van der Waals surface area contributed by atoms with Crippen LogP contribution in [-0.2, 0) is 18.3 Å². The lowest BCUT2D eigenvalue weighted by Gasteiger charge is -2.20. The van der Waals surface area contributed by atoms with Crippen LogP contribution in [0.5, 0.6) is 0 Å². The van der Waals surface area contributed by atoms with E-state index in [1.165, 1.54) is 56.7 Å². The molecule has 0 radical (unpaired) electrons. The van der Waals surface area contributed by atoms with E-state index in [1.54, 1.807) is 0 Å². The van der Waals surface area contributed by atoms with Crippen LogP contribution in [0.4, 0.5) is 0 Å². The fourth-order valence-electron chi connectivity index (χ4n) is 3.77. The second kappa shape index (κ2) is 8.18. The molecule has 2 aliphatic rings. The van der Waals surface area contributed by atoms with Crippen LogP contribution in [0.3, 0.4) is 0 Å². The molecule has 0 bridgehead atoms. The van der Waals surface area contributed by atoms with Gasteiger partial charge in [0.15, 0.2) is 5.16 Å². The van der Waals surface area contributed by atoms with Crippen molar-refractivity contribution < 1.29 is 4.79 Å². The second-order valence-electron chi connectivity index (χ2n) is 7.00. The summed E-state index contributed by atoms with van der Waals surface area (Å²) < 4.78 is 2.07. The van der Waals surface area contributed by atoms with Crippen molar-refractivity contribution in [3.8, 4) is 0 Å². The summed E-state index contributed by atoms with van der Waals surface area (Å²) in [7, 11) is 2.02. The highest BCUT2D eigenvalue weighted by Gasteiger charge is 2.20. The van der Waals surface area contributed by atoms with E-state index in [0.29, 0.717) is 11.8 Å². The van der Waals surface area contributed by atoms with Gasteiger partial charge in [0, 0.05) is 19.5 Å². The molecule has 1 aromatic rings. The molecule has 1 N–H and O–H groups in total. The second-order valence-corrected chi connectivity index (χ2v) is 7.95. The molecule has 0 spiro atoms. The van der Waals surface area contributed by atoms with Gasteiger partial charge in [0.25, 0.3) is 0 Å². The standard InChI is InChI=1S/C17H28N4OS/c1-21-15(11-13-7-3-2-4-8-13)19-20-17(21)23-12-16(22)18-14-9-5-6-10-14/h13-14H,2-12H2,1H3,(H,18,22). The Kier molecular flexibility index (Phi) is 5.97. The molecule has 6 heteroatoms. The van der Waals surface area contributed by atoms with E-state index in [2.05, 4.69) is 20.1 Å². The van der Waals surface area contributed by atoms with E-state index in [-0.39, 0.29) is 5.91 Å². The zero-order valence-corrected chi connectivity index (χ0v) is 14.9. The van der Waals surface area contributed by atoms with Crippen molar-refractivity contribution in [3.05, 3.63) is 5.82 Å². The first kappa shape index (κ1) is 16.8. The third kappa shape index (κ3) is 4.72. The van der Waals surface area contributed by atoms with Crippen molar-refractivity contribution >= 4 is 17.7 Å². The highest BCUT2D eigenvalue weighted by molar-refractivity contribution is 7.99. The Morgan fingerprint density at radius 1 is 1.13 bits per heavy atom. The number of nitrogens with one attached hydrogen (secondary N) is 1. The Bertz CT molecular complexity index is 519. The van der Waals surface area contributed by atoms with Crippen LogP contribution >= 0.6 is 11.8 Å².